The van der Waals surface area contributed by atoms with Gasteiger partial charge in [-0.15, -0.1) is 11.3 Å². The summed E-state index contributed by atoms with van der Waals surface area (Å²) in [4.78, 5) is 54.3. The molecular formula is C35H34N2O7S. The Hall–Kier alpha value is -4.96. The fourth-order valence-electron chi connectivity index (χ4n) is 4.99. The number of thiophene rings is 1. The standard InChI is InChI=1S/C35H34N2O7S/c38-32(37-29(24-44-35(37)41)20-25-10-4-1-5-11-25)28(21-36-34(40)43-23-27-14-8-3-9-15-27)16-17-30-18-19-31(45-30)33(39)42-22-26-12-6-2-7-13-26/h1-15,18-19,28-29H,16-17,20-24H2,(H,36,40)/t28-,29-/m1/s1. The number of hydrogen-bond acceptors (Lipinski definition) is 8. The van der Waals surface area contributed by atoms with Crippen LogP contribution in [0.2, 0.25) is 0 Å². The lowest BCUT2D eigenvalue weighted by molar-refractivity contribution is -0.133. The largest absolute Gasteiger partial charge is 0.457 e. The molecule has 9 nitrogen and oxygen atoms in total. The number of cyclic esters (lactones) is 1. The average molecular weight is 627 g/mol. The van der Waals surface area contributed by atoms with Crippen molar-refractivity contribution in [1.29, 1.82) is 0 Å². The number of amides is 3. The maximum atomic E-state index is 13.9. The predicted octanol–water partition coefficient (Wildman–Crippen LogP) is 6.17. The van der Waals surface area contributed by atoms with Crippen LogP contribution in [0, 0.1) is 5.92 Å². The number of nitrogens with zero attached hydrogens (tertiary/aromatic N) is 1. The Balaban J connectivity index is 1.23. The van der Waals surface area contributed by atoms with E-state index in [1.165, 1.54) is 16.2 Å². The van der Waals surface area contributed by atoms with E-state index in [1.54, 1.807) is 6.07 Å². The number of hydrogen-bond donors (Lipinski definition) is 1. The first-order valence-corrected chi connectivity index (χ1v) is 15.6. The number of benzene rings is 3. The van der Waals surface area contributed by atoms with Gasteiger partial charge in [-0.05, 0) is 48.1 Å². The molecule has 2 atom stereocenters. The molecule has 45 heavy (non-hydrogen) atoms. The Kier molecular flexibility index (Phi) is 11.0. The molecule has 0 spiro atoms. The van der Waals surface area contributed by atoms with Crippen LogP contribution in [0.4, 0.5) is 9.59 Å². The molecule has 0 unspecified atom stereocenters. The third-order valence-corrected chi connectivity index (χ3v) is 8.51. The van der Waals surface area contributed by atoms with Crippen LogP contribution >= 0.6 is 11.3 Å². The van der Waals surface area contributed by atoms with Crippen LogP contribution in [0.5, 0.6) is 0 Å². The van der Waals surface area contributed by atoms with E-state index >= 15 is 0 Å². The summed E-state index contributed by atoms with van der Waals surface area (Å²) in [5, 5.41) is 2.70. The summed E-state index contributed by atoms with van der Waals surface area (Å²) < 4.78 is 16.1. The molecule has 1 aliphatic heterocycles. The van der Waals surface area contributed by atoms with Gasteiger partial charge in [-0.1, -0.05) is 91.0 Å². The number of alkyl carbamates (subject to hydrolysis) is 1. The first kappa shape index (κ1) is 31.5. The number of aryl methyl sites for hydroxylation is 1. The lowest BCUT2D eigenvalue weighted by Gasteiger charge is -2.25. The number of imide groups is 1. The molecule has 1 aromatic heterocycles. The van der Waals surface area contributed by atoms with Gasteiger partial charge in [0.1, 0.15) is 24.7 Å². The number of carbonyl (C=O) groups is 4. The van der Waals surface area contributed by atoms with Gasteiger partial charge in [0.05, 0.1) is 12.0 Å². The molecule has 0 bridgehead atoms. The molecule has 2 heterocycles. The highest BCUT2D eigenvalue weighted by Crippen LogP contribution is 2.25. The number of nitrogens with one attached hydrogen (secondary N) is 1. The molecule has 0 aliphatic carbocycles. The highest BCUT2D eigenvalue weighted by atomic mass is 32.1. The van der Waals surface area contributed by atoms with Crippen LogP contribution in [0.3, 0.4) is 0 Å². The van der Waals surface area contributed by atoms with Crippen molar-refractivity contribution in [1.82, 2.24) is 10.2 Å². The Labute approximate surface area is 265 Å². The van der Waals surface area contributed by atoms with Crippen LogP contribution in [0.25, 0.3) is 0 Å². The van der Waals surface area contributed by atoms with E-state index in [-0.39, 0.29) is 26.4 Å². The van der Waals surface area contributed by atoms with E-state index in [0.29, 0.717) is 24.1 Å². The molecule has 1 fully saturated rings. The Morgan fingerprint density at radius 3 is 2.07 bits per heavy atom. The first-order valence-electron chi connectivity index (χ1n) is 14.7. The summed E-state index contributed by atoms with van der Waals surface area (Å²) in [7, 11) is 0. The van der Waals surface area contributed by atoms with Crippen LogP contribution in [-0.2, 0) is 45.1 Å². The highest BCUT2D eigenvalue weighted by Gasteiger charge is 2.40. The fraction of sp³-hybridized carbons (Fsp3) is 0.257. The van der Waals surface area contributed by atoms with Gasteiger partial charge >= 0.3 is 18.2 Å². The normalized spacial score (nSPS) is 14.8. The van der Waals surface area contributed by atoms with E-state index in [1.807, 2.05) is 97.1 Å². The summed E-state index contributed by atoms with van der Waals surface area (Å²) in [6, 6.07) is 31.4. The van der Waals surface area contributed by atoms with E-state index in [4.69, 9.17) is 14.2 Å². The monoisotopic (exact) mass is 626 g/mol. The molecule has 1 N–H and O–H groups in total. The van der Waals surface area contributed by atoms with Gasteiger partial charge in [-0.3, -0.25) is 4.79 Å². The second-order valence-corrected chi connectivity index (χ2v) is 11.8. The third kappa shape index (κ3) is 9.02. The molecule has 1 aliphatic rings. The SMILES string of the molecule is O=C(NC[C@@H](CCc1ccc(C(=O)OCc2ccccc2)s1)C(=O)N1C(=O)OC[C@H]1Cc1ccccc1)OCc1ccccc1. The van der Waals surface area contributed by atoms with Crippen molar-refractivity contribution in [2.45, 2.75) is 38.5 Å². The number of rotatable bonds is 13. The van der Waals surface area contributed by atoms with Gasteiger partial charge in [0.25, 0.3) is 0 Å². The second kappa shape index (κ2) is 15.7. The number of carbonyl (C=O) groups excluding carboxylic acids is 4. The molecule has 3 amide bonds. The van der Waals surface area contributed by atoms with Gasteiger partial charge in [0, 0.05) is 11.4 Å². The summed E-state index contributed by atoms with van der Waals surface area (Å²) >= 11 is 1.29. The minimum Gasteiger partial charge on any atom is -0.457 e. The summed E-state index contributed by atoms with van der Waals surface area (Å²) in [6.45, 7) is 0.316. The van der Waals surface area contributed by atoms with Crippen LogP contribution in [-0.4, -0.2) is 48.2 Å². The third-order valence-electron chi connectivity index (χ3n) is 7.38. The lowest BCUT2D eigenvalue weighted by atomic mass is 9.98. The molecule has 0 saturated carbocycles. The zero-order chi connectivity index (χ0) is 31.4. The van der Waals surface area contributed by atoms with Crippen molar-refractivity contribution in [3.05, 3.63) is 130 Å². The van der Waals surface area contributed by atoms with Gasteiger partial charge in [-0.2, -0.15) is 0 Å². The minimum atomic E-state index is -0.742. The van der Waals surface area contributed by atoms with Crippen molar-refractivity contribution in [3.63, 3.8) is 0 Å². The zero-order valence-corrected chi connectivity index (χ0v) is 25.4. The van der Waals surface area contributed by atoms with E-state index in [2.05, 4.69) is 5.32 Å². The maximum absolute atomic E-state index is 13.9. The van der Waals surface area contributed by atoms with Crippen molar-refractivity contribution in [2.24, 2.45) is 5.92 Å². The molecule has 4 aromatic rings. The number of esters is 1. The van der Waals surface area contributed by atoms with Crippen molar-refractivity contribution >= 4 is 35.4 Å². The maximum Gasteiger partial charge on any atom is 0.416 e. The Bertz CT molecular complexity index is 1580. The summed E-state index contributed by atoms with van der Waals surface area (Å²) in [5.74, 6) is -1.59. The smallest absolute Gasteiger partial charge is 0.416 e. The molecule has 1 saturated heterocycles. The van der Waals surface area contributed by atoms with Crippen LogP contribution in [0.1, 0.15) is 37.7 Å². The summed E-state index contributed by atoms with van der Waals surface area (Å²) in [5.41, 5.74) is 2.70. The molecule has 3 aromatic carbocycles. The lowest BCUT2D eigenvalue weighted by Crippen LogP contribution is -2.46. The average Bonchev–Trinajstić information content (AvgIpc) is 3.70. The van der Waals surface area contributed by atoms with Crippen molar-refractivity contribution in [3.8, 4) is 0 Å². The molecule has 0 radical (unpaired) electrons. The zero-order valence-electron chi connectivity index (χ0n) is 24.6. The van der Waals surface area contributed by atoms with Gasteiger partial charge in [-0.25, -0.2) is 19.3 Å². The van der Waals surface area contributed by atoms with Gasteiger partial charge < -0.3 is 19.5 Å². The van der Waals surface area contributed by atoms with Crippen LogP contribution < -0.4 is 5.32 Å². The number of ether oxygens (including phenoxy) is 3. The van der Waals surface area contributed by atoms with Gasteiger partial charge in [0.2, 0.25) is 5.91 Å². The molecule has 232 valence electrons. The van der Waals surface area contributed by atoms with E-state index in [0.717, 1.165) is 21.6 Å². The topological polar surface area (TPSA) is 111 Å². The van der Waals surface area contributed by atoms with Crippen LogP contribution in [0.15, 0.2) is 103 Å². The first-order chi connectivity index (χ1) is 22.0. The van der Waals surface area contributed by atoms with Crippen molar-refractivity contribution < 1.29 is 33.4 Å². The van der Waals surface area contributed by atoms with Gasteiger partial charge in [0.15, 0.2) is 0 Å². The minimum absolute atomic E-state index is 0.0361. The molecular weight excluding hydrogens is 592 g/mol. The quantitative estimate of drug-likeness (QED) is 0.140. The second-order valence-electron chi connectivity index (χ2n) is 10.6. The summed E-state index contributed by atoms with van der Waals surface area (Å²) in [6.07, 6.45) is -0.145. The molecule has 5 rings (SSSR count). The Morgan fingerprint density at radius 1 is 0.822 bits per heavy atom. The molecule has 10 heteroatoms. The van der Waals surface area contributed by atoms with E-state index < -0.39 is 36.0 Å². The Morgan fingerprint density at radius 2 is 1.42 bits per heavy atom. The predicted molar refractivity (Wildman–Crippen MR) is 168 cm³/mol. The fourth-order valence-corrected chi connectivity index (χ4v) is 5.91. The van der Waals surface area contributed by atoms with E-state index in [9.17, 15) is 19.2 Å². The highest BCUT2D eigenvalue weighted by molar-refractivity contribution is 7.13. The van der Waals surface area contributed by atoms with Crippen molar-refractivity contribution in [2.75, 3.05) is 13.2 Å².